The molecular formula is C7H8O5S. The summed E-state index contributed by atoms with van der Waals surface area (Å²) < 4.78 is 29.4. The van der Waals surface area contributed by atoms with Crippen molar-refractivity contribution in [2.24, 2.45) is 0 Å². The molecule has 0 amide bonds. The molecule has 0 aliphatic heterocycles. The molecule has 0 saturated heterocycles. The van der Waals surface area contributed by atoms with Crippen molar-refractivity contribution in [2.45, 2.75) is 5.44 Å². The van der Waals surface area contributed by atoms with E-state index in [1.165, 1.54) is 24.3 Å². The minimum absolute atomic E-state index is 0.245. The third kappa shape index (κ3) is 2.18. The predicted molar refractivity (Wildman–Crippen MR) is 44.6 cm³/mol. The van der Waals surface area contributed by atoms with Gasteiger partial charge in [0.05, 0.1) is 0 Å². The Morgan fingerprint density at radius 2 is 1.77 bits per heavy atom. The summed E-state index contributed by atoms with van der Waals surface area (Å²) in [4.78, 5) is 0. The van der Waals surface area contributed by atoms with E-state index in [1.54, 1.807) is 0 Å². The van der Waals surface area contributed by atoms with Gasteiger partial charge in [-0.3, -0.25) is 4.55 Å². The Morgan fingerprint density at radius 1 is 1.23 bits per heavy atom. The molecule has 1 aromatic rings. The van der Waals surface area contributed by atoms with Crippen LogP contribution in [0.5, 0.6) is 5.75 Å². The number of aliphatic hydroxyl groups is 1. The minimum atomic E-state index is -4.58. The fourth-order valence-corrected chi connectivity index (χ4v) is 1.38. The van der Waals surface area contributed by atoms with Gasteiger partial charge in [-0.15, -0.1) is 0 Å². The number of rotatable bonds is 2. The lowest BCUT2D eigenvalue weighted by Gasteiger charge is -2.08. The second kappa shape index (κ2) is 3.33. The number of aliphatic hydroxyl groups excluding tert-OH is 1. The van der Waals surface area contributed by atoms with Crippen LogP contribution in [-0.4, -0.2) is 23.2 Å². The van der Waals surface area contributed by atoms with Crippen molar-refractivity contribution in [2.75, 3.05) is 0 Å². The van der Waals surface area contributed by atoms with E-state index >= 15 is 0 Å². The lowest BCUT2D eigenvalue weighted by atomic mass is 10.2. The van der Waals surface area contributed by atoms with Gasteiger partial charge in [0.15, 0.2) is 0 Å². The number of hydrogen-bond donors (Lipinski definition) is 3. The first-order valence-electron chi connectivity index (χ1n) is 3.35. The molecule has 5 nitrogen and oxygen atoms in total. The first-order chi connectivity index (χ1) is 5.93. The highest BCUT2D eigenvalue weighted by Gasteiger charge is 2.24. The Balaban J connectivity index is 3.17. The van der Waals surface area contributed by atoms with Crippen LogP contribution >= 0.6 is 0 Å². The van der Waals surface area contributed by atoms with Crippen molar-refractivity contribution in [3.05, 3.63) is 29.8 Å². The van der Waals surface area contributed by atoms with Gasteiger partial charge in [-0.1, -0.05) is 18.2 Å². The van der Waals surface area contributed by atoms with Gasteiger partial charge in [0.2, 0.25) is 5.44 Å². The molecule has 0 radical (unpaired) electrons. The molecule has 3 N–H and O–H groups in total. The summed E-state index contributed by atoms with van der Waals surface area (Å²) in [6, 6.07) is 5.32. The molecule has 0 fully saturated rings. The molecule has 0 aliphatic carbocycles. The number of phenolic OH excluding ortho intramolecular Hbond substituents is 1. The Kier molecular flexibility index (Phi) is 2.55. The van der Waals surface area contributed by atoms with Crippen molar-refractivity contribution in [1.29, 1.82) is 0 Å². The Labute approximate surface area is 75.0 Å². The molecule has 0 saturated carbocycles. The van der Waals surface area contributed by atoms with E-state index < -0.39 is 15.6 Å². The van der Waals surface area contributed by atoms with E-state index in [0.717, 1.165) is 0 Å². The zero-order valence-corrected chi connectivity index (χ0v) is 7.27. The molecule has 0 aromatic heterocycles. The van der Waals surface area contributed by atoms with Crippen molar-refractivity contribution in [1.82, 2.24) is 0 Å². The average Bonchev–Trinajstić information content (AvgIpc) is 2.02. The lowest BCUT2D eigenvalue weighted by molar-refractivity contribution is 0.233. The van der Waals surface area contributed by atoms with Crippen LogP contribution in [0.4, 0.5) is 0 Å². The van der Waals surface area contributed by atoms with Crippen molar-refractivity contribution >= 4 is 10.1 Å². The SMILES string of the molecule is O=S(=O)(O)[C@@H](O)c1ccccc1O. The van der Waals surface area contributed by atoms with Crippen LogP contribution in [0.1, 0.15) is 11.0 Å². The van der Waals surface area contributed by atoms with Crippen LogP contribution in [0.25, 0.3) is 0 Å². The maximum atomic E-state index is 10.5. The van der Waals surface area contributed by atoms with Crippen LogP contribution in [0.2, 0.25) is 0 Å². The third-order valence-corrected chi connectivity index (χ3v) is 2.30. The Hall–Kier alpha value is -1.11. The molecular weight excluding hydrogens is 196 g/mol. The summed E-state index contributed by atoms with van der Waals surface area (Å²) in [5.41, 5.74) is -2.35. The fourth-order valence-electron chi connectivity index (χ4n) is 0.857. The molecule has 0 bridgehead atoms. The minimum Gasteiger partial charge on any atom is -0.508 e. The van der Waals surface area contributed by atoms with Gasteiger partial charge in [-0.05, 0) is 6.07 Å². The van der Waals surface area contributed by atoms with E-state index in [2.05, 4.69) is 0 Å². The smallest absolute Gasteiger partial charge is 0.296 e. The van der Waals surface area contributed by atoms with E-state index in [4.69, 9.17) is 14.8 Å². The van der Waals surface area contributed by atoms with Gasteiger partial charge >= 0.3 is 0 Å². The topological polar surface area (TPSA) is 94.8 Å². The van der Waals surface area contributed by atoms with E-state index in [-0.39, 0.29) is 11.3 Å². The zero-order valence-electron chi connectivity index (χ0n) is 6.45. The number of benzene rings is 1. The first-order valence-corrected chi connectivity index (χ1v) is 4.85. The summed E-state index contributed by atoms with van der Waals surface area (Å²) in [6.07, 6.45) is 0. The maximum absolute atomic E-state index is 10.5. The van der Waals surface area contributed by atoms with Crippen LogP contribution < -0.4 is 0 Å². The number of hydrogen-bond acceptors (Lipinski definition) is 4. The average molecular weight is 204 g/mol. The molecule has 1 aromatic carbocycles. The quantitative estimate of drug-likeness (QED) is 0.601. The van der Waals surface area contributed by atoms with Crippen LogP contribution in [0, 0.1) is 0 Å². The van der Waals surface area contributed by atoms with E-state index in [9.17, 15) is 8.42 Å². The first kappa shape index (κ1) is 9.97. The molecule has 1 atom stereocenters. The Morgan fingerprint density at radius 3 is 2.23 bits per heavy atom. The monoisotopic (exact) mass is 204 g/mol. The summed E-state index contributed by atoms with van der Waals surface area (Å²) in [6.45, 7) is 0. The summed E-state index contributed by atoms with van der Waals surface area (Å²) in [5.74, 6) is -0.382. The summed E-state index contributed by atoms with van der Waals surface area (Å²) >= 11 is 0. The standard InChI is InChI=1S/C7H8O5S/c8-6-4-2-1-3-5(6)7(9)13(10,11)12/h1-4,7-9H,(H,10,11,12)/t7-/m1/s1. The second-order valence-electron chi connectivity index (χ2n) is 2.43. The molecule has 13 heavy (non-hydrogen) atoms. The second-order valence-corrected chi connectivity index (χ2v) is 3.90. The molecule has 72 valence electrons. The van der Waals surface area contributed by atoms with E-state index in [1.807, 2.05) is 0 Å². The van der Waals surface area contributed by atoms with Crippen molar-refractivity contribution in [3.63, 3.8) is 0 Å². The van der Waals surface area contributed by atoms with Gasteiger partial charge in [-0.2, -0.15) is 8.42 Å². The normalized spacial score (nSPS) is 14.0. The predicted octanol–water partition coefficient (Wildman–Crippen LogP) is 0.271. The summed E-state index contributed by atoms with van der Waals surface area (Å²) in [7, 11) is -4.58. The fraction of sp³-hybridized carbons (Fsp3) is 0.143. The highest BCUT2D eigenvalue weighted by Crippen LogP contribution is 2.26. The molecule has 0 spiro atoms. The lowest BCUT2D eigenvalue weighted by Crippen LogP contribution is -2.11. The van der Waals surface area contributed by atoms with Crippen LogP contribution in [-0.2, 0) is 10.1 Å². The number of phenols is 1. The van der Waals surface area contributed by atoms with Gasteiger partial charge in [0, 0.05) is 5.56 Å². The van der Waals surface area contributed by atoms with Crippen LogP contribution in [0.3, 0.4) is 0 Å². The third-order valence-electron chi connectivity index (χ3n) is 1.48. The zero-order chi connectivity index (χ0) is 10.1. The largest absolute Gasteiger partial charge is 0.508 e. The maximum Gasteiger partial charge on any atom is 0.296 e. The highest BCUT2D eigenvalue weighted by molar-refractivity contribution is 7.85. The van der Waals surface area contributed by atoms with E-state index in [0.29, 0.717) is 0 Å². The van der Waals surface area contributed by atoms with Gasteiger partial charge in [0.1, 0.15) is 5.75 Å². The van der Waals surface area contributed by atoms with Crippen molar-refractivity contribution in [3.8, 4) is 5.75 Å². The number of aromatic hydroxyl groups is 1. The molecule has 6 heteroatoms. The molecule has 0 unspecified atom stereocenters. The number of para-hydroxylation sites is 1. The summed E-state index contributed by atoms with van der Waals surface area (Å²) in [5, 5.41) is 18.1. The molecule has 0 aliphatic rings. The van der Waals surface area contributed by atoms with Gasteiger partial charge in [0.25, 0.3) is 10.1 Å². The van der Waals surface area contributed by atoms with Gasteiger partial charge < -0.3 is 10.2 Å². The Bertz CT molecular complexity index is 397. The molecule has 0 heterocycles. The van der Waals surface area contributed by atoms with Crippen LogP contribution in [0.15, 0.2) is 24.3 Å². The molecule has 1 rings (SSSR count). The van der Waals surface area contributed by atoms with Crippen molar-refractivity contribution < 1.29 is 23.2 Å². The highest BCUT2D eigenvalue weighted by atomic mass is 32.2. The van der Waals surface area contributed by atoms with Gasteiger partial charge in [-0.25, -0.2) is 0 Å².